The minimum absolute atomic E-state index is 0.199. The molecule has 1 atom stereocenters. The second-order valence-electron chi connectivity index (χ2n) is 8.15. The highest BCUT2D eigenvalue weighted by Gasteiger charge is 2.27. The average Bonchev–Trinajstić information content (AvgIpc) is 2.58. The van der Waals surface area contributed by atoms with Gasteiger partial charge < -0.3 is 16.4 Å². The van der Waals surface area contributed by atoms with E-state index in [1.165, 1.54) is 0 Å². The fraction of sp³-hybridized carbons (Fsp3) is 0.524. The highest BCUT2D eigenvalue weighted by Crippen LogP contribution is 2.37. The largest absolute Gasteiger partial charge is 0.402 e. The molecule has 0 fully saturated rings. The molecule has 26 heavy (non-hydrogen) atoms. The van der Waals surface area contributed by atoms with E-state index in [9.17, 15) is 4.79 Å². The molecule has 0 saturated carbocycles. The van der Waals surface area contributed by atoms with Crippen molar-refractivity contribution in [3.05, 3.63) is 41.1 Å². The molecular formula is C21H32N4O. The van der Waals surface area contributed by atoms with Crippen LogP contribution in [0.15, 0.2) is 35.5 Å². The van der Waals surface area contributed by atoms with Gasteiger partial charge in [-0.15, -0.1) is 0 Å². The van der Waals surface area contributed by atoms with Gasteiger partial charge in [0.2, 0.25) is 0 Å². The normalized spacial score (nSPS) is 17.5. The van der Waals surface area contributed by atoms with Crippen LogP contribution in [0, 0.1) is 16.7 Å². The summed E-state index contributed by atoms with van der Waals surface area (Å²) in [5, 5.41) is 14.3. The van der Waals surface area contributed by atoms with Crippen LogP contribution in [-0.4, -0.2) is 18.3 Å². The van der Waals surface area contributed by atoms with Gasteiger partial charge in [0.1, 0.15) is 0 Å². The summed E-state index contributed by atoms with van der Waals surface area (Å²) < 4.78 is 0. The summed E-state index contributed by atoms with van der Waals surface area (Å²) in [6.07, 6.45) is 3.70. The maximum atomic E-state index is 12.0. The lowest BCUT2D eigenvalue weighted by molar-refractivity contribution is 0.250. The lowest BCUT2D eigenvalue weighted by Gasteiger charge is -2.31. The zero-order chi connectivity index (χ0) is 19.3. The first-order valence-corrected chi connectivity index (χ1v) is 9.43. The number of hydrogen-bond donors (Lipinski definition) is 4. The smallest absolute Gasteiger partial charge is 0.319 e. The van der Waals surface area contributed by atoms with Crippen molar-refractivity contribution in [1.82, 2.24) is 5.32 Å². The molecule has 2 amide bonds. The third-order valence-corrected chi connectivity index (χ3v) is 5.13. The Bertz CT molecular complexity index is 706. The molecule has 1 unspecified atom stereocenters. The summed E-state index contributed by atoms with van der Waals surface area (Å²) in [7, 11) is 0. The van der Waals surface area contributed by atoms with Gasteiger partial charge in [0.15, 0.2) is 0 Å². The molecule has 2 rings (SSSR count). The highest BCUT2D eigenvalue weighted by molar-refractivity contribution is 6.11. The maximum Gasteiger partial charge on any atom is 0.319 e. The summed E-state index contributed by atoms with van der Waals surface area (Å²) in [6, 6.07) is 7.21. The molecule has 1 aliphatic carbocycles. The van der Waals surface area contributed by atoms with Crippen molar-refractivity contribution in [2.75, 3.05) is 11.9 Å². The van der Waals surface area contributed by atoms with Gasteiger partial charge in [0.05, 0.1) is 5.71 Å². The van der Waals surface area contributed by atoms with E-state index < -0.39 is 0 Å². The van der Waals surface area contributed by atoms with Crippen LogP contribution in [0.25, 0.3) is 0 Å². The topological polar surface area (TPSA) is 91.0 Å². The lowest BCUT2D eigenvalue weighted by Crippen LogP contribution is -2.32. The van der Waals surface area contributed by atoms with Gasteiger partial charge >= 0.3 is 6.03 Å². The first-order chi connectivity index (χ1) is 12.2. The van der Waals surface area contributed by atoms with E-state index in [0.29, 0.717) is 23.9 Å². The van der Waals surface area contributed by atoms with E-state index in [4.69, 9.17) is 11.1 Å². The molecule has 0 spiro atoms. The molecule has 1 aromatic rings. The Morgan fingerprint density at radius 2 is 2.12 bits per heavy atom. The Labute approximate surface area is 156 Å². The highest BCUT2D eigenvalue weighted by atomic mass is 16.2. The van der Waals surface area contributed by atoms with Crippen molar-refractivity contribution < 1.29 is 4.79 Å². The third kappa shape index (κ3) is 5.35. The monoisotopic (exact) mass is 356 g/mol. The van der Waals surface area contributed by atoms with Gasteiger partial charge in [-0.2, -0.15) is 0 Å². The number of rotatable bonds is 6. The number of nitrogens with two attached hydrogens (primary N) is 1. The number of nitrogens with one attached hydrogen (secondary N) is 3. The molecule has 0 heterocycles. The number of amides is 2. The van der Waals surface area contributed by atoms with E-state index in [0.717, 1.165) is 42.5 Å². The Balaban J connectivity index is 2.07. The number of hydrogen-bond acceptors (Lipinski definition) is 3. The van der Waals surface area contributed by atoms with Crippen molar-refractivity contribution in [3.63, 3.8) is 0 Å². The lowest BCUT2D eigenvalue weighted by atomic mass is 9.75. The van der Waals surface area contributed by atoms with E-state index in [-0.39, 0.29) is 11.4 Å². The fourth-order valence-electron chi connectivity index (χ4n) is 3.13. The van der Waals surface area contributed by atoms with Crippen molar-refractivity contribution in [2.45, 2.75) is 53.4 Å². The van der Waals surface area contributed by atoms with E-state index in [2.05, 4.69) is 38.3 Å². The van der Waals surface area contributed by atoms with E-state index in [1.807, 2.05) is 24.3 Å². The second-order valence-corrected chi connectivity index (χ2v) is 8.15. The number of urea groups is 1. The number of benzene rings is 1. The summed E-state index contributed by atoms with van der Waals surface area (Å²) >= 11 is 0. The van der Waals surface area contributed by atoms with Gasteiger partial charge in [-0.25, -0.2) is 4.79 Å². The van der Waals surface area contributed by atoms with Crippen LogP contribution >= 0.6 is 0 Å². The van der Waals surface area contributed by atoms with Crippen molar-refractivity contribution in [2.24, 2.45) is 17.1 Å². The van der Waals surface area contributed by atoms with Crippen molar-refractivity contribution in [3.8, 4) is 0 Å². The van der Waals surface area contributed by atoms with Crippen LogP contribution in [0.3, 0.4) is 0 Å². The molecule has 1 aromatic carbocycles. The standard InChI is InChI=1S/C21H32N4O/c1-5-14(2)13-24-20(26)25-16-8-6-7-15(11-16)19(23)17-9-10-21(3,4)12-18(17)22/h6-8,11,14,23H,5,9-10,12-13,22H2,1-4H3,(H2,24,25,26). The van der Waals surface area contributed by atoms with Gasteiger partial charge in [-0.1, -0.05) is 46.2 Å². The number of anilines is 1. The zero-order valence-electron chi connectivity index (χ0n) is 16.4. The maximum absolute atomic E-state index is 12.0. The van der Waals surface area contributed by atoms with Crippen molar-refractivity contribution in [1.29, 1.82) is 5.41 Å². The minimum atomic E-state index is -0.216. The van der Waals surface area contributed by atoms with Crippen LogP contribution in [0.4, 0.5) is 10.5 Å². The van der Waals surface area contributed by atoms with Crippen LogP contribution in [-0.2, 0) is 0 Å². The first-order valence-electron chi connectivity index (χ1n) is 9.43. The SMILES string of the molecule is CCC(C)CNC(=O)Nc1cccc(C(=N)C2=C(N)CC(C)(C)CC2)c1. The predicted octanol–water partition coefficient (Wildman–Crippen LogP) is 4.64. The average molecular weight is 357 g/mol. The quantitative estimate of drug-likeness (QED) is 0.559. The molecule has 5 nitrogen and oxygen atoms in total. The minimum Gasteiger partial charge on any atom is -0.402 e. The van der Waals surface area contributed by atoms with Gasteiger partial charge in [0, 0.05) is 23.5 Å². The van der Waals surface area contributed by atoms with Crippen LogP contribution in [0.5, 0.6) is 0 Å². The summed E-state index contributed by atoms with van der Waals surface area (Å²) in [5.74, 6) is 0.450. The summed E-state index contributed by atoms with van der Waals surface area (Å²) in [4.78, 5) is 12.0. The van der Waals surface area contributed by atoms with Gasteiger partial charge in [-0.3, -0.25) is 5.41 Å². The fourth-order valence-corrected chi connectivity index (χ4v) is 3.13. The molecule has 142 valence electrons. The Morgan fingerprint density at radius 1 is 1.38 bits per heavy atom. The summed E-state index contributed by atoms with van der Waals surface area (Å²) in [5.41, 5.74) is 10.1. The second kappa shape index (κ2) is 8.39. The number of carbonyl (C=O) groups is 1. The predicted molar refractivity (Wildman–Crippen MR) is 109 cm³/mol. The Kier molecular flexibility index (Phi) is 6.46. The van der Waals surface area contributed by atoms with Crippen LogP contribution in [0.2, 0.25) is 0 Å². The molecule has 1 aliphatic rings. The van der Waals surface area contributed by atoms with Gasteiger partial charge in [-0.05, 0) is 48.3 Å². The molecule has 5 heteroatoms. The summed E-state index contributed by atoms with van der Waals surface area (Å²) in [6.45, 7) is 9.28. The number of carbonyl (C=O) groups excluding carboxylic acids is 1. The molecule has 0 bridgehead atoms. The third-order valence-electron chi connectivity index (χ3n) is 5.13. The van der Waals surface area contributed by atoms with Crippen LogP contribution < -0.4 is 16.4 Å². The molecule has 0 aromatic heterocycles. The molecule has 0 saturated heterocycles. The van der Waals surface area contributed by atoms with Crippen molar-refractivity contribution >= 4 is 17.4 Å². The first kappa shape index (κ1) is 20.0. The molecular weight excluding hydrogens is 324 g/mol. The van der Waals surface area contributed by atoms with E-state index in [1.54, 1.807) is 0 Å². The van der Waals surface area contributed by atoms with Gasteiger partial charge in [0.25, 0.3) is 0 Å². The Hall–Kier alpha value is -2.30. The number of allylic oxidation sites excluding steroid dienone is 2. The zero-order valence-corrected chi connectivity index (χ0v) is 16.4. The van der Waals surface area contributed by atoms with Crippen LogP contribution in [0.1, 0.15) is 58.9 Å². The molecule has 0 aliphatic heterocycles. The van der Waals surface area contributed by atoms with E-state index >= 15 is 0 Å². The molecule has 5 N–H and O–H groups in total. The Morgan fingerprint density at radius 3 is 2.77 bits per heavy atom. The molecule has 0 radical (unpaired) electrons.